The number of hydrogen-bond acceptors (Lipinski definition) is 3. The zero-order valence-electron chi connectivity index (χ0n) is 9.15. The predicted octanol–water partition coefficient (Wildman–Crippen LogP) is 1.43. The van der Waals surface area contributed by atoms with E-state index in [0.29, 0.717) is 5.03 Å². The Hall–Kier alpha value is -1.02. The van der Waals surface area contributed by atoms with Crippen LogP contribution in [0.5, 0.6) is 0 Å². The van der Waals surface area contributed by atoms with Crippen LogP contribution < -0.4 is 0 Å². The lowest BCUT2D eigenvalue weighted by molar-refractivity contribution is 0.482. The van der Waals surface area contributed by atoms with Crippen molar-refractivity contribution in [2.45, 2.75) is 18.9 Å². The van der Waals surface area contributed by atoms with Gasteiger partial charge in [0.25, 0.3) is 5.03 Å². The predicted molar refractivity (Wildman–Crippen MR) is 61.5 cm³/mol. The average molecular weight is 222 g/mol. The number of rotatable bonds is 3. The van der Waals surface area contributed by atoms with Gasteiger partial charge in [-0.3, -0.25) is 0 Å². The highest BCUT2D eigenvalue weighted by atomic mass is 32.2. The average Bonchev–Trinajstić information content (AvgIpc) is 2.28. The van der Waals surface area contributed by atoms with E-state index in [1.54, 1.807) is 30.5 Å². The Morgan fingerprint density at radius 1 is 1.53 bits per heavy atom. The van der Waals surface area contributed by atoms with Crippen molar-refractivity contribution in [3.63, 3.8) is 0 Å². The summed E-state index contributed by atoms with van der Waals surface area (Å²) < 4.78 is 13.5. The standard InChI is InChI=1S/C11H14N2OS/c1-4-6-10-7-8-11(12-9-10)15(14)13(3)5-2/h7-9H,5H2,1-3H3. The van der Waals surface area contributed by atoms with Crippen LogP contribution in [0.2, 0.25) is 0 Å². The van der Waals surface area contributed by atoms with Gasteiger partial charge in [-0.2, -0.15) is 0 Å². The molecule has 80 valence electrons. The van der Waals surface area contributed by atoms with E-state index >= 15 is 0 Å². The van der Waals surface area contributed by atoms with Gasteiger partial charge in [0.15, 0.2) is 0 Å². The summed E-state index contributed by atoms with van der Waals surface area (Å²) in [6.07, 6.45) is 1.65. The van der Waals surface area contributed by atoms with Gasteiger partial charge >= 0.3 is 0 Å². The maximum atomic E-state index is 11.8. The molecular formula is C11H14N2OS. The normalized spacial score (nSPS) is 12.1. The molecule has 0 saturated heterocycles. The van der Waals surface area contributed by atoms with Crippen LogP contribution in [0, 0.1) is 11.8 Å². The molecule has 15 heavy (non-hydrogen) atoms. The molecule has 0 bridgehead atoms. The van der Waals surface area contributed by atoms with E-state index in [1.165, 1.54) is 0 Å². The first kappa shape index (κ1) is 12.1. The molecule has 1 unspecified atom stereocenters. The lowest BCUT2D eigenvalue weighted by Crippen LogP contribution is -2.27. The van der Waals surface area contributed by atoms with Crippen LogP contribution >= 0.6 is 0 Å². The van der Waals surface area contributed by atoms with Crippen LogP contribution in [0.4, 0.5) is 0 Å². The van der Waals surface area contributed by atoms with E-state index in [-0.39, 0.29) is 0 Å². The minimum absolute atomic E-state index is 0.570. The monoisotopic (exact) mass is 222 g/mol. The molecule has 0 aliphatic rings. The third-order valence-electron chi connectivity index (χ3n) is 1.91. The molecule has 1 aromatic heterocycles. The number of nitrogens with zero attached hydrogens (tertiary/aromatic N) is 2. The molecule has 3 nitrogen and oxygen atoms in total. The van der Waals surface area contributed by atoms with Gasteiger partial charge in [-0.15, -0.1) is 10.2 Å². The molecule has 0 fully saturated rings. The minimum atomic E-state index is -1.17. The van der Waals surface area contributed by atoms with Crippen LogP contribution in [-0.2, 0) is 11.4 Å². The Morgan fingerprint density at radius 3 is 2.73 bits per heavy atom. The van der Waals surface area contributed by atoms with Gasteiger partial charge in [0.05, 0.1) is 0 Å². The second kappa shape index (κ2) is 5.76. The third kappa shape index (κ3) is 3.24. The molecule has 0 spiro atoms. The van der Waals surface area contributed by atoms with Crippen molar-refractivity contribution < 1.29 is 4.55 Å². The fraction of sp³-hybridized carbons (Fsp3) is 0.364. The van der Waals surface area contributed by atoms with Crippen LogP contribution in [0.25, 0.3) is 0 Å². The molecule has 0 aliphatic carbocycles. The number of pyridine rings is 1. The summed E-state index contributed by atoms with van der Waals surface area (Å²) in [5.74, 6) is 5.68. The van der Waals surface area contributed by atoms with E-state index < -0.39 is 11.4 Å². The summed E-state index contributed by atoms with van der Waals surface area (Å²) in [7, 11) is 1.80. The molecule has 0 radical (unpaired) electrons. The van der Waals surface area contributed by atoms with Crippen LogP contribution in [0.1, 0.15) is 19.4 Å². The molecule has 1 rings (SSSR count). The molecule has 0 saturated carbocycles. The summed E-state index contributed by atoms with van der Waals surface area (Å²) in [4.78, 5) is 4.12. The van der Waals surface area contributed by atoms with E-state index in [1.807, 2.05) is 13.0 Å². The molecule has 1 aromatic rings. The van der Waals surface area contributed by atoms with Crippen LogP contribution in [-0.4, -0.2) is 27.4 Å². The Kier molecular flexibility index (Phi) is 4.63. The molecular weight excluding hydrogens is 208 g/mol. The molecule has 1 heterocycles. The van der Waals surface area contributed by atoms with Crippen molar-refractivity contribution in [1.29, 1.82) is 0 Å². The lowest BCUT2D eigenvalue weighted by Gasteiger charge is -2.16. The molecule has 0 aliphatic heterocycles. The maximum Gasteiger partial charge on any atom is 0.265 e. The largest absolute Gasteiger partial charge is 0.592 e. The van der Waals surface area contributed by atoms with Gasteiger partial charge < -0.3 is 4.55 Å². The lowest BCUT2D eigenvalue weighted by atomic mass is 10.3. The van der Waals surface area contributed by atoms with Crippen molar-refractivity contribution >= 4 is 11.4 Å². The smallest absolute Gasteiger partial charge is 0.265 e. The topological polar surface area (TPSA) is 39.2 Å². The summed E-state index contributed by atoms with van der Waals surface area (Å²) in [5, 5.41) is 0.570. The first-order chi connectivity index (χ1) is 7.19. The minimum Gasteiger partial charge on any atom is -0.592 e. The first-order valence-electron chi connectivity index (χ1n) is 4.71. The van der Waals surface area contributed by atoms with Gasteiger partial charge in [-0.25, -0.2) is 4.98 Å². The van der Waals surface area contributed by atoms with Crippen molar-refractivity contribution in [2.24, 2.45) is 0 Å². The van der Waals surface area contributed by atoms with Crippen LogP contribution in [0.15, 0.2) is 23.4 Å². The zero-order chi connectivity index (χ0) is 11.3. The summed E-state index contributed by atoms with van der Waals surface area (Å²) in [6, 6.07) is 3.59. The van der Waals surface area contributed by atoms with Gasteiger partial charge in [-0.05, 0) is 19.9 Å². The molecule has 0 N–H and O–H groups in total. The van der Waals surface area contributed by atoms with Crippen molar-refractivity contribution in [1.82, 2.24) is 9.29 Å². The molecule has 4 heteroatoms. The second-order valence-corrected chi connectivity index (χ2v) is 4.49. The first-order valence-corrected chi connectivity index (χ1v) is 5.81. The van der Waals surface area contributed by atoms with E-state index in [4.69, 9.17) is 0 Å². The third-order valence-corrected chi connectivity index (χ3v) is 3.34. The Labute approximate surface area is 93.8 Å². The summed E-state index contributed by atoms with van der Waals surface area (Å²) in [6.45, 7) is 4.45. The highest BCUT2D eigenvalue weighted by Crippen LogP contribution is 2.11. The molecule has 1 atom stereocenters. The fourth-order valence-corrected chi connectivity index (χ4v) is 1.86. The van der Waals surface area contributed by atoms with E-state index in [9.17, 15) is 4.55 Å². The van der Waals surface area contributed by atoms with Gasteiger partial charge in [0.2, 0.25) is 0 Å². The maximum absolute atomic E-state index is 11.8. The second-order valence-electron chi connectivity index (χ2n) is 2.95. The van der Waals surface area contributed by atoms with Crippen molar-refractivity contribution in [3.05, 3.63) is 23.9 Å². The van der Waals surface area contributed by atoms with Gasteiger partial charge in [0.1, 0.15) is 11.4 Å². The van der Waals surface area contributed by atoms with E-state index in [0.717, 1.165) is 12.1 Å². The SMILES string of the molecule is CC#Cc1ccc([S+]([O-])N(C)CC)nc1. The Balaban J connectivity index is 2.82. The van der Waals surface area contributed by atoms with E-state index in [2.05, 4.69) is 16.8 Å². The van der Waals surface area contributed by atoms with Crippen molar-refractivity contribution in [2.75, 3.05) is 13.6 Å². The summed E-state index contributed by atoms with van der Waals surface area (Å²) >= 11 is -1.17. The number of hydrogen-bond donors (Lipinski definition) is 0. The van der Waals surface area contributed by atoms with Crippen LogP contribution in [0.3, 0.4) is 0 Å². The van der Waals surface area contributed by atoms with Gasteiger partial charge in [0, 0.05) is 31.4 Å². The zero-order valence-corrected chi connectivity index (χ0v) is 9.97. The Morgan fingerprint density at radius 2 is 2.27 bits per heavy atom. The van der Waals surface area contributed by atoms with Crippen molar-refractivity contribution in [3.8, 4) is 11.8 Å². The number of aromatic nitrogens is 1. The quantitative estimate of drug-likeness (QED) is 0.573. The molecule has 0 amide bonds. The van der Waals surface area contributed by atoms with Gasteiger partial charge in [-0.1, -0.05) is 5.92 Å². The molecule has 0 aromatic carbocycles. The Bertz CT molecular complexity index is 366. The summed E-state index contributed by atoms with van der Waals surface area (Å²) in [5.41, 5.74) is 0.845. The highest BCUT2D eigenvalue weighted by Gasteiger charge is 2.17. The fourth-order valence-electron chi connectivity index (χ4n) is 0.979. The highest BCUT2D eigenvalue weighted by molar-refractivity contribution is 7.89.